The van der Waals surface area contributed by atoms with Gasteiger partial charge in [0.25, 0.3) is 0 Å². The number of anilines is 1. The fraction of sp³-hybridized carbons (Fsp3) is 0.250. The average molecular weight is 281 g/mol. The Hall–Kier alpha value is -2.40. The van der Waals surface area contributed by atoms with E-state index in [0.717, 1.165) is 43.5 Å². The lowest BCUT2D eigenvalue weighted by atomic mass is 10.3. The second-order valence-electron chi connectivity index (χ2n) is 4.87. The molecule has 5 heteroatoms. The van der Waals surface area contributed by atoms with Gasteiger partial charge in [0.1, 0.15) is 0 Å². The van der Waals surface area contributed by atoms with Crippen molar-refractivity contribution in [2.75, 3.05) is 31.5 Å². The van der Waals surface area contributed by atoms with Crippen LogP contribution in [0, 0.1) is 0 Å². The molecule has 1 aliphatic rings. The Morgan fingerprint density at radius 3 is 2.62 bits per heavy atom. The van der Waals surface area contributed by atoms with Gasteiger partial charge >= 0.3 is 0 Å². The average Bonchev–Trinajstić information content (AvgIpc) is 2.57. The molecular weight excluding hydrogens is 262 g/mol. The van der Waals surface area contributed by atoms with Crippen LogP contribution < -0.4 is 10.6 Å². The molecule has 2 aromatic rings. The Kier molecular flexibility index (Phi) is 4.43. The number of benzene rings is 1. The van der Waals surface area contributed by atoms with Crippen molar-refractivity contribution in [2.24, 2.45) is 4.99 Å². The van der Waals surface area contributed by atoms with Gasteiger partial charge < -0.3 is 15.5 Å². The lowest BCUT2D eigenvalue weighted by molar-refractivity contribution is 0.357. The van der Waals surface area contributed by atoms with E-state index in [4.69, 9.17) is 4.99 Å². The molecule has 5 nitrogen and oxygen atoms in total. The number of nitrogens with zero attached hydrogens (tertiary/aromatic N) is 3. The first kappa shape index (κ1) is 13.6. The van der Waals surface area contributed by atoms with Gasteiger partial charge in [-0.3, -0.25) is 4.98 Å². The zero-order valence-electron chi connectivity index (χ0n) is 11.9. The fourth-order valence-electron chi connectivity index (χ4n) is 2.24. The Labute approximate surface area is 124 Å². The third-order valence-electron chi connectivity index (χ3n) is 3.33. The SMILES string of the molecule is c1ccc(N=C(Nc2cccnc2)N2CCNCC2)cc1. The Morgan fingerprint density at radius 1 is 1.10 bits per heavy atom. The highest BCUT2D eigenvalue weighted by Gasteiger charge is 2.14. The molecule has 108 valence electrons. The molecule has 1 fully saturated rings. The number of rotatable bonds is 2. The molecule has 21 heavy (non-hydrogen) atoms. The highest BCUT2D eigenvalue weighted by Crippen LogP contribution is 2.13. The third-order valence-corrected chi connectivity index (χ3v) is 3.33. The predicted octanol–water partition coefficient (Wildman–Crippen LogP) is 2.09. The molecule has 0 amide bonds. The second-order valence-corrected chi connectivity index (χ2v) is 4.87. The third kappa shape index (κ3) is 3.79. The summed E-state index contributed by atoms with van der Waals surface area (Å²) in [6.45, 7) is 3.84. The minimum atomic E-state index is 0.871. The normalized spacial score (nSPS) is 15.8. The maximum Gasteiger partial charge on any atom is 0.203 e. The van der Waals surface area contributed by atoms with Crippen LogP contribution in [0.15, 0.2) is 59.9 Å². The van der Waals surface area contributed by atoms with Crippen LogP contribution in [0.2, 0.25) is 0 Å². The molecule has 0 radical (unpaired) electrons. The summed E-state index contributed by atoms with van der Waals surface area (Å²) in [4.78, 5) is 11.2. The lowest BCUT2D eigenvalue weighted by Crippen LogP contribution is -2.48. The molecule has 1 aromatic carbocycles. The Bertz CT molecular complexity index is 576. The monoisotopic (exact) mass is 281 g/mol. The molecular formula is C16H19N5. The molecule has 2 N–H and O–H groups in total. The summed E-state index contributed by atoms with van der Waals surface area (Å²) >= 11 is 0. The van der Waals surface area contributed by atoms with Crippen molar-refractivity contribution in [2.45, 2.75) is 0 Å². The Morgan fingerprint density at radius 2 is 1.90 bits per heavy atom. The van der Waals surface area contributed by atoms with Crippen molar-refractivity contribution in [1.82, 2.24) is 15.2 Å². The van der Waals surface area contributed by atoms with Crippen LogP contribution >= 0.6 is 0 Å². The molecule has 0 saturated carbocycles. The van der Waals surface area contributed by atoms with Crippen LogP contribution in [0.1, 0.15) is 0 Å². The van der Waals surface area contributed by atoms with E-state index in [1.807, 2.05) is 48.7 Å². The molecule has 1 aromatic heterocycles. The molecule has 0 unspecified atom stereocenters. The number of pyridine rings is 1. The summed E-state index contributed by atoms with van der Waals surface area (Å²) in [5.74, 6) is 0.871. The van der Waals surface area contributed by atoms with Crippen molar-refractivity contribution in [3.63, 3.8) is 0 Å². The minimum absolute atomic E-state index is 0.871. The van der Waals surface area contributed by atoms with Gasteiger partial charge in [-0.25, -0.2) is 4.99 Å². The number of nitrogens with one attached hydrogen (secondary N) is 2. The van der Waals surface area contributed by atoms with E-state index in [-0.39, 0.29) is 0 Å². The van der Waals surface area contributed by atoms with E-state index >= 15 is 0 Å². The van der Waals surface area contributed by atoms with Crippen LogP contribution in [0.3, 0.4) is 0 Å². The fourth-order valence-corrected chi connectivity index (χ4v) is 2.24. The molecule has 0 atom stereocenters. The molecule has 0 aliphatic carbocycles. The first-order valence-corrected chi connectivity index (χ1v) is 7.18. The minimum Gasteiger partial charge on any atom is -0.340 e. The maximum atomic E-state index is 4.75. The zero-order valence-corrected chi connectivity index (χ0v) is 11.9. The van der Waals surface area contributed by atoms with Gasteiger partial charge in [0, 0.05) is 32.4 Å². The summed E-state index contributed by atoms with van der Waals surface area (Å²) in [5.41, 5.74) is 1.90. The van der Waals surface area contributed by atoms with Crippen molar-refractivity contribution in [3.05, 3.63) is 54.9 Å². The smallest absolute Gasteiger partial charge is 0.203 e. The summed E-state index contributed by atoms with van der Waals surface area (Å²) < 4.78 is 0. The van der Waals surface area contributed by atoms with Crippen LogP contribution in [-0.2, 0) is 0 Å². The van der Waals surface area contributed by atoms with Crippen LogP contribution in [0.5, 0.6) is 0 Å². The first-order chi connectivity index (χ1) is 10.4. The van der Waals surface area contributed by atoms with Crippen molar-refractivity contribution >= 4 is 17.3 Å². The summed E-state index contributed by atoms with van der Waals surface area (Å²) in [7, 11) is 0. The molecule has 3 rings (SSSR count). The summed E-state index contributed by atoms with van der Waals surface area (Å²) in [6.07, 6.45) is 3.58. The Balaban J connectivity index is 1.85. The molecule has 0 spiro atoms. The van der Waals surface area contributed by atoms with Gasteiger partial charge in [0.15, 0.2) is 0 Å². The van der Waals surface area contributed by atoms with Gasteiger partial charge in [-0.15, -0.1) is 0 Å². The van der Waals surface area contributed by atoms with Crippen molar-refractivity contribution < 1.29 is 0 Å². The number of aromatic nitrogens is 1. The maximum absolute atomic E-state index is 4.75. The van der Waals surface area contributed by atoms with E-state index in [1.165, 1.54) is 0 Å². The molecule has 2 heterocycles. The zero-order chi connectivity index (χ0) is 14.3. The van der Waals surface area contributed by atoms with Gasteiger partial charge in [-0.2, -0.15) is 0 Å². The number of piperazine rings is 1. The standard InChI is InChI=1S/C16H19N5/c1-2-5-14(6-3-1)19-16(21-11-9-17-10-12-21)20-15-7-4-8-18-13-15/h1-8,13,17H,9-12H2,(H,19,20). The number of hydrogen-bond donors (Lipinski definition) is 2. The molecule has 1 saturated heterocycles. The van der Waals surface area contributed by atoms with Crippen LogP contribution in [-0.4, -0.2) is 42.0 Å². The van der Waals surface area contributed by atoms with Gasteiger partial charge in [-0.1, -0.05) is 18.2 Å². The second kappa shape index (κ2) is 6.85. The molecule has 0 bridgehead atoms. The van der Waals surface area contributed by atoms with Crippen molar-refractivity contribution in [1.29, 1.82) is 0 Å². The molecule has 1 aliphatic heterocycles. The van der Waals surface area contributed by atoms with Gasteiger partial charge in [0.2, 0.25) is 5.96 Å². The van der Waals surface area contributed by atoms with Crippen molar-refractivity contribution in [3.8, 4) is 0 Å². The van der Waals surface area contributed by atoms with Crippen LogP contribution in [0.4, 0.5) is 11.4 Å². The van der Waals surface area contributed by atoms with E-state index in [0.29, 0.717) is 0 Å². The topological polar surface area (TPSA) is 52.6 Å². The largest absolute Gasteiger partial charge is 0.340 e. The number of guanidine groups is 1. The van der Waals surface area contributed by atoms with Gasteiger partial charge in [0.05, 0.1) is 17.6 Å². The quantitative estimate of drug-likeness (QED) is 0.654. The number of aliphatic imine (C=N–C) groups is 1. The highest BCUT2D eigenvalue weighted by atomic mass is 15.3. The lowest BCUT2D eigenvalue weighted by Gasteiger charge is -2.30. The highest BCUT2D eigenvalue weighted by molar-refractivity contribution is 5.95. The van der Waals surface area contributed by atoms with E-state index in [9.17, 15) is 0 Å². The summed E-state index contributed by atoms with van der Waals surface area (Å²) in [6, 6.07) is 13.9. The van der Waals surface area contributed by atoms with Gasteiger partial charge in [-0.05, 0) is 24.3 Å². The number of para-hydroxylation sites is 1. The van der Waals surface area contributed by atoms with E-state index in [2.05, 4.69) is 20.5 Å². The van der Waals surface area contributed by atoms with E-state index in [1.54, 1.807) is 6.20 Å². The summed E-state index contributed by atoms with van der Waals surface area (Å²) in [5, 5.41) is 6.74. The predicted molar refractivity (Wildman–Crippen MR) is 85.8 cm³/mol. The van der Waals surface area contributed by atoms with Crippen LogP contribution in [0.25, 0.3) is 0 Å². The van der Waals surface area contributed by atoms with E-state index < -0.39 is 0 Å². The number of hydrogen-bond acceptors (Lipinski definition) is 3. The first-order valence-electron chi connectivity index (χ1n) is 7.18.